The van der Waals surface area contributed by atoms with Gasteiger partial charge in [0.25, 0.3) is 11.9 Å². The Labute approximate surface area is 159 Å². The summed E-state index contributed by atoms with van der Waals surface area (Å²) in [6, 6.07) is 12.5. The number of hydrogen-bond donors (Lipinski definition) is 2. The largest absolute Gasteiger partial charge is 0.423 e. The summed E-state index contributed by atoms with van der Waals surface area (Å²) in [6.07, 6.45) is 1.94. The number of para-hydroxylation sites is 2. The number of aromatic amines is 1. The van der Waals surface area contributed by atoms with Gasteiger partial charge >= 0.3 is 0 Å². The van der Waals surface area contributed by atoms with Gasteiger partial charge in [-0.3, -0.25) is 9.89 Å². The van der Waals surface area contributed by atoms with Gasteiger partial charge in [-0.2, -0.15) is 10.1 Å². The highest BCUT2D eigenvalue weighted by Gasteiger charge is 2.29. The van der Waals surface area contributed by atoms with E-state index in [1.807, 2.05) is 24.3 Å². The van der Waals surface area contributed by atoms with Crippen LogP contribution in [0.2, 0.25) is 0 Å². The number of rotatable bonds is 4. The van der Waals surface area contributed by atoms with Gasteiger partial charge in [0.05, 0.1) is 11.6 Å². The Hall–Kier alpha value is -3.42. The second-order valence-electron chi connectivity index (χ2n) is 6.93. The Morgan fingerprint density at radius 3 is 3.11 bits per heavy atom. The average molecular weight is 379 g/mol. The first-order valence-electron chi connectivity index (χ1n) is 9.23. The smallest absolute Gasteiger partial charge is 0.298 e. The average Bonchev–Trinajstić information content (AvgIpc) is 3.42. The number of benzene rings is 2. The minimum Gasteiger partial charge on any atom is -0.423 e. The Morgan fingerprint density at radius 1 is 1.32 bits per heavy atom. The van der Waals surface area contributed by atoms with Crippen LogP contribution in [-0.4, -0.2) is 40.2 Å². The highest BCUT2D eigenvalue weighted by Crippen LogP contribution is 2.28. The van der Waals surface area contributed by atoms with Gasteiger partial charge in [0.1, 0.15) is 11.3 Å². The van der Waals surface area contributed by atoms with E-state index in [0.717, 1.165) is 30.5 Å². The van der Waals surface area contributed by atoms with Crippen molar-refractivity contribution >= 4 is 33.9 Å². The molecule has 28 heavy (non-hydrogen) atoms. The molecule has 1 saturated heterocycles. The van der Waals surface area contributed by atoms with Crippen molar-refractivity contribution < 1.29 is 13.6 Å². The summed E-state index contributed by atoms with van der Waals surface area (Å²) < 4.78 is 19.2. The van der Waals surface area contributed by atoms with Gasteiger partial charge in [-0.25, -0.2) is 4.39 Å². The van der Waals surface area contributed by atoms with Crippen LogP contribution in [0.4, 0.5) is 10.4 Å². The SMILES string of the molecule is O=C(NCC1CCCN1c1nc2ccccc2o1)c1n[nH]c2cc(F)ccc12. The molecule has 1 fully saturated rings. The van der Waals surface area contributed by atoms with E-state index in [-0.39, 0.29) is 23.5 Å². The van der Waals surface area contributed by atoms with Gasteiger partial charge in [-0.05, 0) is 43.2 Å². The lowest BCUT2D eigenvalue weighted by Gasteiger charge is -2.22. The molecule has 2 aromatic heterocycles. The van der Waals surface area contributed by atoms with Gasteiger partial charge in [-0.15, -0.1) is 0 Å². The van der Waals surface area contributed by atoms with E-state index in [1.165, 1.54) is 12.1 Å². The Morgan fingerprint density at radius 2 is 2.21 bits per heavy atom. The number of oxazole rings is 1. The third-order valence-corrected chi connectivity index (χ3v) is 5.14. The van der Waals surface area contributed by atoms with Crippen molar-refractivity contribution in [2.45, 2.75) is 18.9 Å². The predicted octanol–water partition coefficient (Wildman–Crippen LogP) is 3.24. The van der Waals surface area contributed by atoms with Crippen molar-refractivity contribution in [2.24, 2.45) is 0 Å². The van der Waals surface area contributed by atoms with E-state index >= 15 is 0 Å². The molecule has 0 aliphatic carbocycles. The number of halogens is 1. The van der Waals surface area contributed by atoms with Gasteiger partial charge in [-0.1, -0.05) is 12.1 Å². The molecule has 0 saturated carbocycles. The number of nitrogens with one attached hydrogen (secondary N) is 2. The lowest BCUT2D eigenvalue weighted by atomic mass is 10.2. The molecule has 0 spiro atoms. The fourth-order valence-electron chi connectivity index (χ4n) is 3.74. The normalized spacial score (nSPS) is 16.9. The maximum absolute atomic E-state index is 13.3. The van der Waals surface area contributed by atoms with Crippen molar-refractivity contribution in [3.8, 4) is 0 Å². The third-order valence-electron chi connectivity index (χ3n) is 5.14. The van der Waals surface area contributed by atoms with Crippen molar-refractivity contribution in [1.29, 1.82) is 0 Å². The van der Waals surface area contributed by atoms with E-state index in [2.05, 4.69) is 25.4 Å². The molecule has 1 aliphatic rings. The van der Waals surface area contributed by atoms with Crippen LogP contribution in [-0.2, 0) is 0 Å². The van der Waals surface area contributed by atoms with Gasteiger partial charge < -0.3 is 14.6 Å². The van der Waals surface area contributed by atoms with E-state index in [0.29, 0.717) is 23.5 Å². The minimum atomic E-state index is -0.372. The standard InChI is InChI=1S/C20H18FN5O2/c21-12-7-8-14-16(10-12)24-25-18(14)19(27)22-11-13-4-3-9-26(13)20-23-15-5-1-2-6-17(15)28-20/h1-2,5-8,10,13H,3-4,9,11H2,(H,22,27)(H,24,25). The summed E-state index contributed by atoms with van der Waals surface area (Å²) in [6.45, 7) is 1.28. The molecule has 5 rings (SSSR count). The highest BCUT2D eigenvalue weighted by atomic mass is 19.1. The number of amides is 1. The summed E-state index contributed by atoms with van der Waals surface area (Å²) in [7, 11) is 0. The Balaban J connectivity index is 1.31. The number of carbonyl (C=O) groups excluding carboxylic acids is 1. The molecule has 2 N–H and O–H groups in total. The molecule has 1 unspecified atom stereocenters. The van der Waals surface area contributed by atoms with Crippen molar-refractivity contribution in [2.75, 3.05) is 18.0 Å². The van der Waals surface area contributed by atoms with E-state index in [9.17, 15) is 9.18 Å². The summed E-state index contributed by atoms with van der Waals surface area (Å²) in [5.41, 5.74) is 2.34. The number of carbonyl (C=O) groups is 1. The molecule has 3 heterocycles. The first-order chi connectivity index (χ1) is 13.7. The fourth-order valence-corrected chi connectivity index (χ4v) is 3.74. The number of H-pyrrole nitrogens is 1. The van der Waals surface area contributed by atoms with Gasteiger partial charge in [0, 0.05) is 18.5 Å². The predicted molar refractivity (Wildman–Crippen MR) is 103 cm³/mol. The number of hydrogen-bond acceptors (Lipinski definition) is 5. The molecule has 1 aliphatic heterocycles. The van der Waals surface area contributed by atoms with E-state index in [1.54, 1.807) is 6.07 Å². The second-order valence-corrected chi connectivity index (χ2v) is 6.93. The maximum atomic E-state index is 13.3. The molecule has 2 aromatic carbocycles. The molecule has 1 amide bonds. The summed E-state index contributed by atoms with van der Waals surface area (Å²) in [4.78, 5) is 19.3. The quantitative estimate of drug-likeness (QED) is 0.568. The van der Waals surface area contributed by atoms with Crippen LogP contribution in [0.5, 0.6) is 0 Å². The van der Waals surface area contributed by atoms with Crippen LogP contribution in [0.1, 0.15) is 23.3 Å². The Bertz CT molecular complexity index is 1130. The topological polar surface area (TPSA) is 87.1 Å². The van der Waals surface area contributed by atoms with Crippen LogP contribution < -0.4 is 10.2 Å². The summed E-state index contributed by atoms with van der Waals surface area (Å²) in [5, 5.41) is 10.3. The van der Waals surface area contributed by atoms with Crippen molar-refractivity contribution in [3.05, 3.63) is 54.0 Å². The maximum Gasteiger partial charge on any atom is 0.298 e. The first kappa shape index (κ1) is 16.7. The zero-order chi connectivity index (χ0) is 19.1. The molecule has 8 heteroatoms. The van der Waals surface area contributed by atoms with E-state index < -0.39 is 0 Å². The van der Waals surface area contributed by atoms with Crippen LogP contribution in [0, 0.1) is 5.82 Å². The molecule has 1 atom stereocenters. The lowest BCUT2D eigenvalue weighted by molar-refractivity contribution is 0.0947. The number of fused-ring (bicyclic) bond motifs is 2. The lowest BCUT2D eigenvalue weighted by Crippen LogP contribution is -2.40. The monoisotopic (exact) mass is 379 g/mol. The van der Waals surface area contributed by atoms with Crippen LogP contribution in [0.3, 0.4) is 0 Å². The van der Waals surface area contributed by atoms with Crippen molar-refractivity contribution in [3.63, 3.8) is 0 Å². The summed E-state index contributed by atoms with van der Waals surface area (Å²) >= 11 is 0. The third kappa shape index (κ3) is 2.87. The molecular formula is C20H18FN5O2. The number of anilines is 1. The molecule has 0 bridgehead atoms. The summed E-state index contributed by atoms with van der Waals surface area (Å²) in [5.74, 6) is -0.662. The molecular weight excluding hydrogens is 361 g/mol. The van der Waals surface area contributed by atoms with Crippen molar-refractivity contribution in [1.82, 2.24) is 20.5 Å². The van der Waals surface area contributed by atoms with Crippen LogP contribution >= 0.6 is 0 Å². The molecule has 7 nitrogen and oxygen atoms in total. The van der Waals surface area contributed by atoms with Crippen LogP contribution in [0.15, 0.2) is 46.9 Å². The van der Waals surface area contributed by atoms with Gasteiger partial charge in [0.15, 0.2) is 11.3 Å². The molecule has 0 radical (unpaired) electrons. The first-order valence-corrected chi connectivity index (χ1v) is 9.23. The molecule has 4 aromatic rings. The zero-order valence-electron chi connectivity index (χ0n) is 15.0. The number of aromatic nitrogens is 3. The van der Waals surface area contributed by atoms with Crippen LogP contribution in [0.25, 0.3) is 22.0 Å². The second kappa shape index (κ2) is 6.63. The minimum absolute atomic E-state index is 0.0969. The van der Waals surface area contributed by atoms with E-state index in [4.69, 9.17) is 4.42 Å². The zero-order valence-corrected chi connectivity index (χ0v) is 15.0. The molecule has 142 valence electrons. The van der Waals surface area contributed by atoms with Gasteiger partial charge in [0.2, 0.25) is 0 Å². The Kier molecular flexibility index (Phi) is 3.96. The number of nitrogens with zero attached hydrogens (tertiary/aromatic N) is 3. The fraction of sp³-hybridized carbons (Fsp3) is 0.250. The highest BCUT2D eigenvalue weighted by molar-refractivity contribution is 6.04.